The maximum Gasteiger partial charge on any atom is 0.266 e. The maximum absolute atomic E-state index is 9.41. The Kier molecular flexibility index (Phi) is 5.63. The number of nitrogens with zero attached hydrogens (tertiary/aromatic N) is 2. The van der Waals surface area contributed by atoms with Gasteiger partial charge in [-0.1, -0.05) is 6.07 Å². The molecule has 7 nitrogen and oxygen atoms in total. The fourth-order valence-electron chi connectivity index (χ4n) is 2.92. The van der Waals surface area contributed by atoms with E-state index >= 15 is 0 Å². The number of benzene rings is 2. The van der Waals surface area contributed by atoms with E-state index in [1.54, 1.807) is 31.4 Å². The largest absolute Gasteiger partial charge is 0.497 e. The lowest BCUT2D eigenvalue weighted by Gasteiger charge is -2.06. The summed E-state index contributed by atoms with van der Waals surface area (Å²) in [6, 6.07) is 18.7. The Hall–Kier alpha value is -4.18. The molecule has 2 heterocycles. The Morgan fingerprint density at radius 2 is 1.74 bits per heavy atom. The van der Waals surface area contributed by atoms with Gasteiger partial charge in [0.2, 0.25) is 11.6 Å². The van der Waals surface area contributed by atoms with Crippen molar-refractivity contribution in [2.75, 3.05) is 12.4 Å². The molecule has 0 aliphatic heterocycles. The first-order chi connectivity index (χ1) is 15.1. The number of nitrogens with one attached hydrogen (secondary N) is 1. The second-order valence-corrected chi connectivity index (χ2v) is 6.96. The van der Waals surface area contributed by atoms with Crippen molar-refractivity contribution in [1.29, 1.82) is 5.26 Å². The molecule has 156 valence electrons. The lowest BCUT2D eigenvalue weighted by atomic mass is 10.1. The van der Waals surface area contributed by atoms with Crippen molar-refractivity contribution in [3.8, 4) is 29.2 Å². The van der Waals surface area contributed by atoms with Crippen LogP contribution in [0.25, 0.3) is 11.7 Å². The summed E-state index contributed by atoms with van der Waals surface area (Å²) in [5, 5.41) is 12.5. The van der Waals surface area contributed by atoms with Crippen molar-refractivity contribution < 1.29 is 18.3 Å². The van der Waals surface area contributed by atoms with Gasteiger partial charge < -0.3 is 23.6 Å². The number of aryl methyl sites for hydroxylation is 2. The number of ether oxygens (including phenoxy) is 2. The molecule has 0 radical (unpaired) electrons. The van der Waals surface area contributed by atoms with Crippen molar-refractivity contribution in [3.05, 3.63) is 77.2 Å². The summed E-state index contributed by atoms with van der Waals surface area (Å²) in [4.78, 5) is 4.23. The van der Waals surface area contributed by atoms with Gasteiger partial charge in [0.05, 0.1) is 7.11 Å². The first-order valence-corrected chi connectivity index (χ1v) is 9.67. The zero-order chi connectivity index (χ0) is 21.8. The molecular weight excluding hydrogens is 394 g/mol. The minimum Gasteiger partial charge on any atom is -0.497 e. The third-order valence-electron chi connectivity index (χ3n) is 4.81. The molecule has 0 unspecified atom stereocenters. The summed E-state index contributed by atoms with van der Waals surface area (Å²) in [5.41, 5.74) is 3.25. The smallest absolute Gasteiger partial charge is 0.266 e. The lowest BCUT2D eigenvalue weighted by molar-refractivity contribution is 0.271. The second kappa shape index (κ2) is 8.67. The number of nitriles is 1. The second-order valence-electron chi connectivity index (χ2n) is 6.96. The van der Waals surface area contributed by atoms with E-state index in [-0.39, 0.29) is 24.1 Å². The first kappa shape index (κ1) is 20.1. The van der Waals surface area contributed by atoms with E-state index in [2.05, 4.69) is 17.2 Å². The first-order valence-electron chi connectivity index (χ1n) is 9.67. The van der Waals surface area contributed by atoms with Crippen LogP contribution < -0.4 is 14.8 Å². The molecule has 0 atom stereocenters. The molecule has 4 aromatic rings. The van der Waals surface area contributed by atoms with Gasteiger partial charge in [0, 0.05) is 5.69 Å². The number of hydrogen-bond donors (Lipinski definition) is 1. The molecule has 0 aliphatic rings. The highest BCUT2D eigenvalue weighted by molar-refractivity contribution is 5.62. The Balaban J connectivity index is 1.47. The normalized spacial score (nSPS) is 10.5. The molecule has 0 fully saturated rings. The third kappa shape index (κ3) is 4.54. The summed E-state index contributed by atoms with van der Waals surface area (Å²) >= 11 is 0. The van der Waals surface area contributed by atoms with Crippen LogP contribution in [0.4, 0.5) is 11.6 Å². The molecule has 7 heteroatoms. The van der Waals surface area contributed by atoms with Gasteiger partial charge in [-0.05, 0) is 73.5 Å². The van der Waals surface area contributed by atoms with E-state index in [0.29, 0.717) is 11.5 Å². The van der Waals surface area contributed by atoms with Crippen LogP contribution in [0.2, 0.25) is 0 Å². The zero-order valence-electron chi connectivity index (χ0n) is 17.4. The van der Waals surface area contributed by atoms with Gasteiger partial charge in [0.1, 0.15) is 29.9 Å². The Bertz CT molecular complexity index is 1230. The predicted molar refractivity (Wildman–Crippen MR) is 115 cm³/mol. The SMILES string of the molecule is COc1ccc(Nc2oc(-c3ccc(COc4ccc(C)c(C)c4)o3)nc2C#N)cc1. The molecule has 4 rings (SSSR count). The van der Waals surface area contributed by atoms with Crippen molar-refractivity contribution in [2.24, 2.45) is 0 Å². The van der Waals surface area contributed by atoms with Crippen molar-refractivity contribution in [2.45, 2.75) is 20.5 Å². The number of furan rings is 1. The van der Waals surface area contributed by atoms with Crippen LogP contribution in [-0.2, 0) is 6.61 Å². The minimum atomic E-state index is 0.134. The van der Waals surface area contributed by atoms with Gasteiger partial charge >= 0.3 is 0 Å². The molecule has 0 amide bonds. The van der Waals surface area contributed by atoms with Crippen LogP contribution in [0.15, 0.2) is 63.4 Å². The number of anilines is 2. The molecule has 0 saturated heterocycles. The van der Waals surface area contributed by atoms with Gasteiger partial charge in [-0.15, -0.1) is 0 Å². The quantitative estimate of drug-likeness (QED) is 0.410. The highest BCUT2D eigenvalue weighted by Crippen LogP contribution is 2.30. The van der Waals surface area contributed by atoms with Crippen LogP contribution in [0.1, 0.15) is 22.6 Å². The molecule has 0 bridgehead atoms. The Morgan fingerprint density at radius 3 is 2.45 bits per heavy atom. The summed E-state index contributed by atoms with van der Waals surface area (Å²) in [7, 11) is 1.60. The van der Waals surface area contributed by atoms with E-state index in [9.17, 15) is 5.26 Å². The van der Waals surface area contributed by atoms with Crippen LogP contribution in [0.3, 0.4) is 0 Å². The lowest BCUT2D eigenvalue weighted by Crippen LogP contribution is -1.94. The van der Waals surface area contributed by atoms with E-state index < -0.39 is 0 Å². The molecule has 0 aliphatic carbocycles. The van der Waals surface area contributed by atoms with Crippen molar-refractivity contribution in [1.82, 2.24) is 4.98 Å². The van der Waals surface area contributed by atoms with Gasteiger partial charge in [-0.25, -0.2) is 0 Å². The molecule has 0 spiro atoms. The van der Waals surface area contributed by atoms with E-state index in [0.717, 1.165) is 17.2 Å². The molecule has 0 saturated carbocycles. The topological polar surface area (TPSA) is 93.4 Å². The zero-order valence-corrected chi connectivity index (χ0v) is 17.4. The highest BCUT2D eigenvalue weighted by Gasteiger charge is 2.18. The van der Waals surface area contributed by atoms with Crippen LogP contribution in [-0.4, -0.2) is 12.1 Å². The van der Waals surface area contributed by atoms with Gasteiger partial charge in [-0.2, -0.15) is 10.2 Å². The summed E-state index contributed by atoms with van der Waals surface area (Å²) in [6.07, 6.45) is 0. The number of hydrogen-bond acceptors (Lipinski definition) is 7. The molecule has 31 heavy (non-hydrogen) atoms. The maximum atomic E-state index is 9.41. The van der Waals surface area contributed by atoms with Crippen LogP contribution >= 0.6 is 0 Å². The van der Waals surface area contributed by atoms with Crippen molar-refractivity contribution >= 4 is 11.6 Å². The van der Waals surface area contributed by atoms with E-state index in [4.69, 9.17) is 18.3 Å². The predicted octanol–water partition coefficient (Wildman–Crippen LogP) is 5.75. The molecule has 1 N–H and O–H groups in total. The number of methoxy groups -OCH3 is 1. The van der Waals surface area contributed by atoms with Crippen LogP contribution in [0.5, 0.6) is 11.5 Å². The summed E-state index contributed by atoms with van der Waals surface area (Å²) in [5.74, 6) is 3.00. The highest BCUT2D eigenvalue weighted by atomic mass is 16.5. The average molecular weight is 415 g/mol. The van der Waals surface area contributed by atoms with Gasteiger partial charge in [-0.3, -0.25) is 0 Å². The van der Waals surface area contributed by atoms with Gasteiger partial charge in [0.25, 0.3) is 5.89 Å². The van der Waals surface area contributed by atoms with Gasteiger partial charge in [0.15, 0.2) is 5.76 Å². The fraction of sp³-hybridized carbons (Fsp3) is 0.167. The summed E-state index contributed by atoms with van der Waals surface area (Å²) in [6.45, 7) is 4.37. The Morgan fingerprint density at radius 1 is 0.968 bits per heavy atom. The monoisotopic (exact) mass is 415 g/mol. The average Bonchev–Trinajstić information content (AvgIpc) is 3.42. The van der Waals surface area contributed by atoms with E-state index in [1.807, 2.05) is 43.3 Å². The van der Waals surface area contributed by atoms with Crippen molar-refractivity contribution in [3.63, 3.8) is 0 Å². The fourth-order valence-corrected chi connectivity index (χ4v) is 2.92. The van der Waals surface area contributed by atoms with Crippen LogP contribution in [0, 0.1) is 25.2 Å². The number of aromatic nitrogens is 1. The molecular formula is C24H21N3O4. The number of oxazole rings is 1. The molecule has 2 aromatic heterocycles. The minimum absolute atomic E-state index is 0.134. The number of rotatable bonds is 7. The van der Waals surface area contributed by atoms with E-state index in [1.165, 1.54) is 11.1 Å². The molecule has 2 aromatic carbocycles. The standard InChI is InChI=1S/C24H21N3O4/c1-15-4-7-19(12-16(15)2)29-14-20-10-11-22(30-20)24-27-21(13-25)23(31-24)26-17-5-8-18(28-3)9-6-17/h4-12,26H,14H2,1-3H3. The third-order valence-corrected chi connectivity index (χ3v) is 4.81. The Labute approximate surface area is 179 Å². The summed E-state index contributed by atoms with van der Waals surface area (Å²) < 4.78 is 22.5.